The molecule has 1 saturated heterocycles. The molecule has 1 fully saturated rings. The largest absolute Gasteiger partial charge is 0.488 e. The summed E-state index contributed by atoms with van der Waals surface area (Å²) in [7, 11) is 0. The second kappa shape index (κ2) is 9.94. The molecule has 2 amide bonds. The number of rotatable bonds is 8. The lowest BCUT2D eigenvalue weighted by Gasteiger charge is -2.33. The lowest BCUT2D eigenvalue weighted by atomic mass is 10.0. The summed E-state index contributed by atoms with van der Waals surface area (Å²) in [4.78, 5) is 33.5. The lowest BCUT2D eigenvalue weighted by molar-refractivity contribution is 0.0600. The molecule has 0 saturated carbocycles. The molecule has 34 heavy (non-hydrogen) atoms. The maximum absolute atomic E-state index is 12.6. The van der Waals surface area contributed by atoms with Gasteiger partial charge in [-0.25, -0.2) is 0 Å². The summed E-state index contributed by atoms with van der Waals surface area (Å²) >= 11 is 0. The topological polar surface area (TPSA) is 62.7 Å². The van der Waals surface area contributed by atoms with E-state index in [1.165, 1.54) is 16.9 Å². The Labute approximate surface area is 200 Å². The number of ether oxygens (including phenoxy) is 1. The fraction of sp³-hybridized carbons (Fsp3) is 0.393. The number of likely N-dealkylation sites (tertiary alicyclic amines) is 1. The minimum atomic E-state index is -0.179. The van der Waals surface area contributed by atoms with E-state index in [0.717, 1.165) is 55.4 Å². The monoisotopic (exact) mass is 457 g/mol. The number of amides is 2. The summed E-state index contributed by atoms with van der Waals surface area (Å²) < 4.78 is 6.48. The molecule has 0 unspecified atom stereocenters. The number of imide groups is 1. The van der Waals surface area contributed by atoms with Crippen molar-refractivity contribution in [2.24, 2.45) is 0 Å². The molecular formula is C28H31N3O3. The molecule has 3 heterocycles. The Balaban J connectivity index is 1.18. The van der Waals surface area contributed by atoms with Gasteiger partial charge in [0.2, 0.25) is 0 Å². The molecule has 1 aromatic heterocycles. The smallest absolute Gasteiger partial charge is 0.261 e. The van der Waals surface area contributed by atoms with Crippen molar-refractivity contribution >= 4 is 22.7 Å². The number of piperidine rings is 1. The van der Waals surface area contributed by atoms with Crippen LogP contribution in [0.1, 0.15) is 58.9 Å². The highest BCUT2D eigenvalue weighted by Crippen LogP contribution is 2.29. The molecule has 0 bridgehead atoms. The van der Waals surface area contributed by atoms with Crippen LogP contribution >= 0.6 is 0 Å². The molecule has 176 valence electrons. The Hall–Kier alpha value is -3.25. The molecule has 0 atom stereocenters. The highest BCUT2D eigenvalue weighted by atomic mass is 16.5. The van der Waals surface area contributed by atoms with E-state index >= 15 is 0 Å². The zero-order chi connectivity index (χ0) is 23.5. The summed E-state index contributed by atoms with van der Waals surface area (Å²) in [5.41, 5.74) is 3.26. The van der Waals surface area contributed by atoms with E-state index in [1.807, 2.05) is 12.3 Å². The molecular weight excluding hydrogens is 426 g/mol. The van der Waals surface area contributed by atoms with Crippen molar-refractivity contribution in [2.75, 3.05) is 26.2 Å². The minimum absolute atomic E-state index is 0.141. The molecule has 0 radical (unpaired) electrons. The Morgan fingerprint density at radius 1 is 0.971 bits per heavy atom. The van der Waals surface area contributed by atoms with Crippen molar-refractivity contribution in [1.29, 1.82) is 0 Å². The maximum Gasteiger partial charge on any atom is 0.261 e. The molecule has 0 N–H and O–H groups in total. The zero-order valence-electron chi connectivity index (χ0n) is 19.7. The van der Waals surface area contributed by atoms with Gasteiger partial charge in [-0.2, -0.15) is 0 Å². The van der Waals surface area contributed by atoms with Gasteiger partial charge in [0, 0.05) is 37.8 Å². The predicted molar refractivity (Wildman–Crippen MR) is 132 cm³/mol. The van der Waals surface area contributed by atoms with Crippen LogP contribution < -0.4 is 4.74 Å². The van der Waals surface area contributed by atoms with E-state index in [-0.39, 0.29) is 17.9 Å². The van der Waals surface area contributed by atoms with Crippen molar-refractivity contribution in [3.63, 3.8) is 0 Å². The van der Waals surface area contributed by atoms with Crippen molar-refractivity contribution < 1.29 is 14.3 Å². The number of pyridine rings is 1. The normalized spacial score (nSPS) is 16.9. The summed E-state index contributed by atoms with van der Waals surface area (Å²) in [6.45, 7) is 5.09. The van der Waals surface area contributed by atoms with Crippen LogP contribution in [0.2, 0.25) is 0 Å². The molecule has 6 heteroatoms. The highest BCUT2D eigenvalue weighted by Gasteiger charge is 2.35. The van der Waals surface area contributed by atoms with Crippen LogP contribution in [-0.2, 0) is 6.42 Å². The SMILES string of the molecule is CCCCc1cc(OC2CCN(CCN3C(=O)c4ccccc4C3=O)CC2)c2ncccc2c1. The Morgan fingerprint density at radius 3 is 2.41 bits per heavy atom. The first-order valence-corrected chi connectivity index (χ1v) is 12.4. The highest BCUT2D eigenvalue weighted by molar-refractivity contribution is 6.21. The second-order valence-corrected chi connectivity index (χ2v) is 9.24. The van der Waals surface area contributed by atoms with E-state index < -0.39 is 0 Å². The van der Waals surface area contributed by atoms with E-state index in [9.17, 15) is 9.59 Å². The van der Waals surface area contributed by atoms with E-state index in [0.29, 0.717) is 24.2 Å². The average Bonchev–Trinajstić information content (AvgIpc) is 3.12. The first-order valence-electron chi connectivity index (χ1n) is 12.4. The number of hydrogen-bond donors (Lipinski definition) is 0. The van der Waals surface area contributed by atoms with Gasteiger partial charge in [-0.3, -0.25) is 19.5 Å². The van der Waals surface area contributed by atoms with Gasteiger partial charge in [0.1, 0.15) is 17.4 Å². The number of aryl methyl sites for hydroxylation is 1. The van der Waals surface area contributed by atoms with Gasteiger partial charge in [0.15, 0.2) is 0 Å². The molecule has 0 aliphatic carbocycles. The number of nitrogens with zero attached hydrogens (tertiary/aromatic N) is 3. The second-order valence-electron chi connectivity index (χ2n) is 9.24. The number of hydrogen-bond acceptors (Lipinski definition) is 5. The Bertz CT molecular complexity index is 1170. The summed E-state index contributed by atoms with van der Waals surface area (Å²) in [5.74, 6) is 0.524. The van der Waals surface area contributed by atoms with Crippen LogP contribution in [0.5, 0.6) is 5.75 Å². The Morgan fingerprint density at radius 2 is 1.71 bits per heavy atom. The summed E-state index contributed by atoms with van der Waals surface area (Å²) in [5, 5.41) is 1.13. The maximum atomic E-state index is 12.6. The van der Waals surface area contributed by atoms with Crippen molar-refractivity contribution in [3.8, 4) is 5.75 Å². The third-order valence-electron chi connectivity index (χ3n) is 6.89. The number of carbonyl (C=O) groups excluding carboxylic acids is 2. The number of unbranched alkanes of at least 4 members (excludes halogenated alkanes) is 1. The number of aromatic nitrogens is 1. The summed E-state index contributed by atoms with van der Waals surface area (Å²) in [6.07, 6.45) is 7.17. The van der Waals surface area contributed by atoms with Crippen LogP contribution in [0.4, 0.5) is 0 Å². The van der Waals surface area contributed by atoms with E-state index in [4.69, 9.17) is 4.74 Å². The van der Waals surface area contributed by atoms with Crippen LogP contribution in [0.15, 0.2) is 54.7 Å². The van der Waals surface area contributed by atoms with Crippen molar-refractivity contribution in [2.45, 2.75) is 45.1 Å². The van der Waals surface area contributed by atoms with Crippen molar-refractivity contribution in [3.05, 3.63) is 71.4 Å². The van der Waals surface area contributed by atoms with E-state index in [2.05, 4.69) is 35.0 Å². The fourth-order valence-corrected chi connectivity index (χ4v) is 4.95. The molecule has 0 spiro atoms. The molecule has 3 aromatic rings. The van der Waals surface area contributed by atoms with Gasteiger partial charge >= 0.3 is 0 Å². The molecule has 6 nitrogen and oxygen atoms in total. The molecule has 2 aliphatic rings. The van der Waals surface area contributed by atoms with Gasteiger partial charge < -0.3 is 9.64 Å². The number of carbonyl (C=O) groups is 2. The Kier molecular flexibility index (Phi) is 6.59. The standard InChI is InChI=1S/C28H31N3O3/c1-2-3-7-20-18-21-8-6-13-29-26(21)25(19-20)34-22-11-14-30(15-12-22)16-17-31-27(32)23-9-4-5-10-24(23)28(31)33/h4-6,8-10,13,18-19,22H,2-3,7,11-12,14-17H2,1H3. The number of benzene rings is 2. The van der Waals surface area contributed by atoms with Crippen LogP contribution in [0, 0.1) is 0 Å². The first kappa shape index (κ1) is 22.5. The fourth-order valence-electron chi connectivity index (χ4n) is 4.95. The van der Waals surface area contributed by atoms with Gasteiger partial charge in [-0.05, 0) is 61.6 Å². The van der Waals surface area contributed by atoms with Crippen LogP contribution in [-0.4, -0.2) is 58.9 Å². The van der Waals surface area contributed by atoms with Crippen LogP contribution in [0.3, 0.4) is 0 Å². The first-order chi connectivity index (χ1) is 16.6. The predicted octanol–water partition coefficient (Wildman–Crippen LogP) is 4.72. The van der Waals surface area contributed by atoms with Crippen molar-refractivity contribution in [1.82, 2.24) is 14.8 Å². The van der Waals surface area contributed by atoms with Gasteiger partial charge in [0.05, 0.1) is 11.1 Å². The third kappa shape index (κ3) is 4.55. The minimum Gasteiger partial charge on any atom is -0.488 e. The molecule has 5 rings (SSSR count). The zero-order valence-corrected chi connectivity index (χ0v) is 19.7. The number of fused-ring (bicyclic) bond motifs is 2. The van der Waals surface area contributed by atoms with Gasteiger partial charge in [-0.1, -0.05) is 31.5 Å². The molecule has 2 aliphatic heterocycles. The quantitative estimate of drug-likeness (QED) is 0.458. The average molecular weight is 458 g/mol. The summed E-state index contributed by atoms with van der Waals surface area (Å²) in [6, 6.07) is 15.5. The third-order valence-corrected chi connectivity index (χ3v) is 6.89. The van der Waals surface area contributed by atoms with Gasteiger partial charge in [-0.15, -0.1) is 0 Å². The van der Waals surface area contributed by atoms with E-state index in [1.54, 1.807) is 24.3 Å². The lowest BCUT2D eigenvalue weighted by Crippen LogP contribution is -2.43. The molecule has 2 aromatic carbocycles. The van der Waals surface area contributed by atoms with Gasteiger partial charge in [0.25, 0.3) is 11.8 Å². The van der Waals surface area contributed by atoms with Crippen LogP contribution in [0.25, 0.3) is 10.9 Å².